The van der Waals surface area contributed by atoms with E-state index in [1.54, 1.807) is 6.07 Å². The highest BCUT2D eigenvalue weighted by molar-refractivity contribution is 14.1. The van der Waals surface area contributed by atoms with Crippen molar-refractivity contribution in [3.05, 3.63) is 26.2 Å². The highest BCUT2D eigenvalue weighted by Crippen LogP contribution is 2.24. The van der Waals surface area contributed by atoms with Crippen LogP contribution in [0.25, 0.3) is 0 Å². The minimum atomic E-state index is -4.30. The highest BCUT2D eigenvalue weighted by Gasteiger charge is 2.28. The summed E-state index contributed by atoms with van der Waals surface area (Å²) in [6.45, 7) is -1.26. The quantitative estimate of drug-likeness (QED) is 0.705. The SMILES string of the molecule is FC(F)(F)COc1cc(Br)cc(I)c1. The maximum Gasteiger partial charge on any atom is 0.422 e. The van der Waals surface area contributed by atoms with Gasteiger partial charge in [0, 0.05) is 8.04 Å². The number of alkyl halides is 3. The first-order chi connectivity index (χ1) is 6.37. The Morgan fingerprint density at radius 1 is 1.29 bits per heavy atom. The van der Waals surface area contributed by atoms with Gasteiger partial charge in [-0.05, 0) is 40.8 Å². The maximum absolute atomic E-state index is 11.8. The lowest BCUT2D eigenvalue weighted by Crippen LogP contribution is -2.19. The molecule has 0 saturated carbocycles. The van der Waals surface area contributed by atoms with Crippen molar-refractivity contribution in [1.29, 1.82) is 0 Å². The predicted octanol–water partition coefficient (Wildman–Crippen LogP) is 3.99. The molecule has 0 bridgehead atoms. The Morgan fingerprint density at radius 2 is 1.93 bits per heavy atom. The van der Waals surface area contributed by atoms with Crippen molar-refractivity contribution < 1.29 is 17.9 Å². The topological polar surface area (TPSA) is 9.23 Å². The summed E-state index contributed by atoms with van der Waals surface area (Å²) in [5.74, 6) is 0.209. The summed E-state index contributed by atoms with van der Waals surface area (Å²) in [5.41, 5.74) is 0. The van der Waals surface area contributed by atoms with Crippen LogP contribution < -0.4 is 4.74 Å². The summed E-state index contributed by atoms with van der Waals surface area (Å²) in [7, 11) is 0. The number of rotatable bonds is 2. The smallest absolute Gasteiger partial charge is 0.422 e. The molecule has 0 spiro atoms. The predicted molar refractivity (Wildman–Crippen MR) is 58.4 cm³/mol. The van der Waals surface area contributed by atoms with Gasteiger partial charge in [0.1, 0.15) is 5.75 Å². The molecule has 0 saturated heterocycles. The van der Waals surface area contributed by atoms with Gasteiger partial charge in [0.25, 0.3) is 0 Å². The van der Waals surface area contributed by atoms with E-state index in [0.29, 0.717) is 4.47 Å². The molecule has 1 nitrogen and oxygen atoms in total. The molecule has 6 heteroatoms. The van der Waals surface area contributed by atoms with E-state index in [4.69, 9.17) is 0 Å². The van der Waals surface area contributed by atoms with Crippen molar-refractivity contribution in [2.75, 3.05) is 6.61 Å². The van der Waals surface area contributed by atoms with Gasteiger partial charge in [0.2, 0.25) is 0 Å². The summed E-state index contributed by atoms with van der Waals surface area (Å²) >= 11 is 5.17. The number of hydrogen-bond acceptors (Lipinski definition) is 1. The standard InChI is InChI=1S/C8H5BrF3IO/c9-5-1-6(13)3-7(2-5)14-4-8(10,11)12/h1-3H,4H2. The Kier molecular flexibility index (Phi) is 4.05. The molecule has 78 valence electrons. The number of hydrogen-bond donors (Lipinski definition) is 0. The molecule has 0 amide bonds. The molecule has 0 aliphatic carbocycles. The van der Waals surface area contributed by atoms with Gasteiger partial charge in [0.15, 0.2) is 6.61 Å². The number of ether oxygens (including phenoxy) is 1. The van der Waals surface area contributed by atoms with Crippen molar-refractivity contribution in [2.24, 2.45) is 0 Å². The molecule has 0 heterocycles. The van der Waals surface area contributed by atoms with Crippen LogP contribution in [0.5, 0.6) is 5.75 Å². The van der Waals surface area contributed by atoms with E-state index >= 15 is 0 Å². The summed E-state index contributed by atoms with van der Waals surface area (Å²) in [6.07, 6.45) is -4.30. The van der Waals surface area contributed by atoms with Gasteiger partial charge in [-0.15, -0.1) is 0 Å². The second kappa shape index (κ2) is 4.69. The molecule has 0 fully saturated rings. The van der Waals surface area contributed by atoms with E-state index in [0.717, 1.165) is 3.57 Å². The molecular formula is C8H5BrF3IO. The number of halogens is 5. The van der Waals surface area contributed by atoms with Gasteiger partial charge < -0.3 is 4.74 Å². The van der Waals surface area contributed by atoms with Crippen LogP contribution in [0.15, 0.2) is 22.7 Å². The maximum atomic E-state index is 11.8. The van der Waals surface area contributed by atoms with Crippen LogP contribution in [0.4, 0.5) is 13.2 Å². The molecule has 0 radical (unpaired) electrons. The Hall–Kier alpha value is 0.0200. The Labute approximate surface area is 101 Å². The first-order valence-electron chi connectivity index (χ1n) is 3.52. The highest BCUT2D eigenvalue weighted by atomic mass is 127. The molecule has 14 heavy (non-hydrogen) atoms. The normalized spacial score (nSPS) is 11.5. The van der Waals surface area contributed by atoms with Crippen molar-refractivity contribution in [3.63, 3.8) is 0 Å². The van der Waals surface area contributed by atoms with Crippen molar-refractivity contribution in [1.82, 2.24) is 0 Å². The van der Waals surface area contributed by atoms with Gasteiger partial charge in [-0.25, -0.2) is 0 Å². The van der Waals surface area contributed by atoms with Crippen LogP contribution in [0.1, 0.15) is 0 Å². The van der Waals surface area contributed by atoms with Crippen molar-refractivity contribution >= 4 is 38.5 Å². The molecule has 0 aliphatic rings. The summed E-state index contributed by atoms with van der Waals surface area (Å²) < 4.78 is 41.5. The third kappa shape index (κ3) is 4.50. The van der Waals surface area contributed by atoms with Gasteiger partial charge in [-0.1, -0.05) is 15.9 Å². The van der Waals surface area contributed by atoms with E-state index in [1.807, 2.05) is 22.6 Å². The van der Waals surface area contributed by atoms with Gasteiger partial charge in [-0.2, -0.15) is 13.2 Å². The van der Waals surface area contributed by atoms with Crippen LogP contribution in [0.3, 0.4) is 0 Å². The van der Waals surface area contributed by atoms with Gasteiger partial charge in [-0.3, -0.25) is 0 Å². The number of benzene rings is 1. The summed E-state index contributed by atoms with van der Waals surface area (Å²) in [4.78, 5) is 0. The van der Waals surface area contributed by atoms with Gasteiger partial charge in [0.05, 0.1) is 0 Å². The zero-order chi connectivity index (χ0) is 10.8. The first kappa shape index (κ1) is 12.1. The molecule has 1 aromatic rings. The third-order valence-electron chi connectivity index (χ3n) is 1.24. The third-order valence-corrected chi connectivity index (χ3v) is 2.32. The van der Waals surface area contributed by atoms with Crippen LogP contribution in [-0.2, 0) is 0 Å². The van der Waals surface area contributed by atoms with Crippen LogP contribution in [0, 0.1) is 3.57 Å². The molecule has 0 atom stereocenters. The molecule has 0 aromatic heterocycles. The zero-order valence-electron chi connectivity index (χ0n) is 6.74. The van der Waals surface area contributed by atoms with E-state index in [1.165, 1.54) is 12.1 Å². The van der Waals surface area contributed by atoms with Crippen molar-refractivity contribution in [3.8, 4) is 5.75 Å². The van der Waals surface area contributed by atoms with E-state index in [-0.39, 0.29) is 5.75 Å². The summed E-state index contributed by atoms with van der Waals surface area (Å²) in [6, 6.07) is 4.81. The van der Waals surface area contributed by atoms with E-state index in [2.05, 4.69) is 20.7 Å². The molecular weight excluding hydrogens is 376 g/mol. The molecule has 0 unspecified atom stereocenters. The van der Waals surface area contributed by atoms with Crippen LogP contribution in [0.2, 0.25) is 0 Å². The minimum absolute atomic E-state index is 0.209. The largest absolute Gasteiger partial charge is 0.484 e. The molecule has 1 rings (SSSR count). The van der Waals surface area contributed by atoms with Gasteiger partial charge >= 0.3 is 6.18 Å². The van der Waals surface area contributed by atoms with E-state index < -0.39 is 12.8 Å². The lowest BCUT2D eigenvalue weighted by Gasteiger charge is -2.09. The molecule has 0 N–H and O–H groups in total. The first-order valence-corrected chi connectivity index (χ1v) is 5.40. The molecule has 0 aliphatic heterocycles. The Bertz CT molecular complexity index is 307. The zero-order valence-corrected chi connectivity index (χ0v) is 10.5. The second-order valence-electron chi connectivity index (χ2n) is 2.51. The van der Waals surface area contributed by atoms with Crippen molar-refractivity contribution in [2.45, 2.75) is 6.18 Å². The Morgan fingerprint density at radius 3 is 2.43 bits per heavy atom. The lowest BCUT2D eigenvalue weighted by atomic mass is 10.3. The second-order valence-corrected chi connectivity index (χ2v) is 4.67. The minimum Gasteiger partial charge on any atom is -0.484 e. The fourth-order valence-corrected chi connectivity index (χ4v) is 2.32. The molecule has 1 aromatic carbocycles. The average Bonchev–Trinajstić information content (AvgIpc) is 1.97. The van der Waals surface area contributed by atoms with E-state index in [9.17, 15) is 13.2 Å². The lowest BCUT2D eigenvalue weighted by molar-refractivity contribution is -0.153. The fourth-order valence-electron chi connectivity index (χ4n) is 0.777. The fraction of sp³-hybridized carbons (Fsp3) is 0.250. The Balaban J connectivity index is 2.68. The average molecular weight is 381 g/mol. The summed E-state index contributed by atoms with van der Waals surface area (Å²) in [5, 5.41) is 0. The van der Waals surface area contributed by atoms with Crippen LogP contribution in [-0.4, -0.2) is 12.8 Å². The van der Waals surface area contributed by atoms with Crippen LogP contribution >= 0.6 is 38.5 Å². The monoisotopic (exact) mass is 380 g/mol.